The first kappa shape index (κ1) is 21.2. The summed E-state index contributed by atoms with van der Waals surface area (Å²) in [4.78, 5) is 7.19. The number of anilines is 1. The molecule has 1 aliphatic heterocycles. The van der Waals surface area contributed by atoms with Crippen LogP contribution in [0.3, 0.4) is 0 Å². The minimum absolute atomic E-state index is 0.236. The molecule has 1 aliphatic rings. The highest BCUT2D eigenvalue weighted by atomic mass is 35.5. The molecule has 0 N–H and O–H groups in total. The van der Waals surface area contributed by atoms with Crippen molar-refractivity contribution in [1.29, 1.82) is 0 Å². The molecule has 0 unspecified atom stereocenters. The summed E-state index contributed by atoms with van der Waals surface area (Å²) in [5.41, 5.74) is 2.16. The predicted molar refractivity (Wildman–Crippen MR) is 122 cm³/mol. The van der Waals surface area contributed by atoms with E-state index in [2.05, 4.69) is 16.3 Å². The van der Waals surface area contributed by atoms with Crippen LogP contribution in [0.2, 0.25) is 5.02 Å². The molecule has 0 spiro atoms. The van der Waals surface area contributed by atoms with Crippen LogP contribution in [-0.2, 0) is 16.3 Å². The Morgan fingerprint density at radius 1 is 1.17 bits per heavy atom. The topological polar surface area (TPSA) is 59.5 Å². The number of hydrogen-bond acceptors (Lipinski definition) is 6. The van der Waals surface area contributed by atoms with Crippen LogP contribution in [-0.4, -0.2) is 38.9 Å². The number of thiazole rings is 1. The van der Waals surface area contributed by atoms with E-state index in [0.29, 0.717) is 31.0 Å². The first-order valence-electron chi connectivity index (χ1n) is 9.78. The van der Waals surface area contributed by atoms with Crippen LogP contribution >= 0.6 is 22.9 Å². The maximum absolute atomic E-state index is 13.0. The van der Waals surface area contributed by atoms with Crippen molar-refractivity contribution in [3.63, 3.8) is 0 Å². The maximum Gasteiger partial charge on any atom is 0.185 e. The molecule has 0 bridgehead atoms. The molecule has 1 fully saturated rings. The monoisotopic (exact) mass is 462 g/mol. The second-order valence-electron chi connectivity index (χ2n) is 7.31. The van der Waals surface area contributed by atoms with Gasteiger partial charge in [0.25, 0.3) is 0 Å². The molecular weight excluding hydrogens is 440 g/mol. The third-order valence-corrected chi connectivity index (χ3v) is 9.06. The third-order valence-electron chi connectivity index (χ3n) is 5.35. The molecule has 3 aromatic rings. The van der Waals surface area contributed by atoms with Crippen LogP contribution in [0.15, 0.2) is 58.8 Å². The predicted octanol–water partition coefficient (Wildman–Crippen LogP) is 4.84. The largest absolute Gasteiger partial charge is 0.497 e. The number of piperidine rings is 1. The van der Waals surface area contributed by atoms with Gasteiger partial charge in [-0.15, -0.1) is 11.3 Å². The van der Waals surface area contributed by atoms with Gasteiger partial charge in [-0.25, -0.2) is 13.4 Å². The molecule has 0 radical (unpaired) electrons. The normalized spacial score (nSPS) is 15.3. The minimum Gasteiger partial charge on any atom is -0.497 e. The van der Waals surface area contributed by atoms with Crippen molar-refractivity contribution in [3.8, 4) is 5.75 Å². The van der Waals surface area contributed by atoms with Gasteiger partial charge in [0.15, 0.2) is 15.0 Å². The van der Waals surface area contributed by atoms with Gasteiger partial charge in [-0.05, 0) is 42.7 Å². The zero-order chi connectivity index (χ0) is 21.1. The second kappa shape index (κ2) is 8.96. The molecule has 0 atom stereocenters. The summed E-state index contributed by atoms with van der Waals surface area (Å²) in [6, 6.07) is 14.7. The van der Waals surface area contributed by atoms with Crippen molar-refractivity contribution >= 4 is 37.9 Å². The van der Waals surface area contributed by atoms with E-state index in [4.69, 9.17) is 21.3 Å². The van der Waals surface area contributed by atoms with Crippen molar-refractivity contribution in [2.45, 2.75) is 29.4 Å². The Morgan fingerprint density at radius 2 is 1.93 bits per heavy atom. The molecule has 1 aromatic heterocycles. The molecule has 0 aliphatic carbocycles. The molecule has 0 amide bonds. The molecule has 4 rings (SSSR count). The zero-order valence-corrected chi connectivity index (χ0v) is 19.0. The van der Waals surface area contributed by atoms with Crippen LogP contribution in [0.5, 0.6) is 5.75 Å². The Bertz CT molecular complexity index is 1120. The molecule has 5 nitrogen and oxygen atoms in total. The molecule has 30 heavy (non-hydrogen) atoms. The van der Waals surface area contributed by atoms with Gasteiger partial charge < -0.3 is 9.64 Å². The summed E-state index contributed by atoms with van der Waals surface area (Å²) in [7, 11) is -1.77. The molecule has 8 heteroatoms. The Hall–Kier alpha value is -2.09. The average molecular weight is 463 g/mol. The van der Waals surface area contributed by atoms with Crippen molar-refractivity contribution < 1.29 is 13.2 Å². The lowest BCUT2D eigenvalue weighted by Crippen LogP contribution is -2.39. The highest BCUT2D eigenvalue weighted by Crippen LogP contribution is 2.32. The Labute approximate surface area is 186 Å². The lowest BCUT2D eigenvalue weighted by Gasteiger charge is -2.31. The van der Waals surface area contributed by atoms with Gasteiger partial charge >= 0.3 is 0 Å². The second-order valence-corrected chi connectivity index (χ2v) is 10.8. The summed E-state index contributed by atoms with van der Waals surface area (Å²) >= 11 is 7.74. The van der Waals surface area contributed by atoms with Crippen LogP contribution in [0, 0.1) is 0 Å². The van der Waals surface area contributed by atoms with E-state index in [9.17, 15) is 8.42 Å². The van der Waals surface area contributed by atoms with E-state index in [1.54, 1.807) is 42.7 Å². The van der Waals surface area contributed by atoms with Gasteiger partial charge in [-0.2, -0.15) is 0 Å². The highest BCUT2D eigenvalue weighted by Gasteiger charge is 2.33. The fourth-order valence-corrected chi connectivity index (χ4v) is 6.86. The maximum atomic E-state index is 13.0. The summed E-state index contributed by atoms with van der Waals surface area (Å²) in [6.07, 6.45) is 1.88. The van der Waals surface area contributed by atoms with Crippen molar-refractivity contribution in [3.05, 3.63) is 70.2 Å². The number of aromatic nitrogens is 1. The van der Waals surface area contributed by atoms with Gasteiger partial charge in [-0.1, -0.05) is 35.9 Å². The van der Waals surface area contributed by atoms with Crippen LogP contribution < -0.4 is 9.64 Å². The molecule has 158 valence electrons. The fourth-order valence-electron chi connectivity index (χ4n) is 3.73. The third kappa shape index (κ3) is 4.48. The lowest BCUT2D eigenvalue weighted by molar-refractivity contribution is 0.414. The van der Waals surface area contributed by atoms with E-state index in [0.717, 1.165) is 28.6 Å². The number of halogens is 1. The molecule has 2 heterocycles. The van der Waals surface area contributed by atoms with Gasteiger partial charge in [-0.3, -0.25) is 0 Å². The SMILES string of the molecule is COc1cccc(Cc2csc(N3CCC(S(=O)(=O)c4ccccc4Cl)CC3)n2)c1. The van der Waals surface area contributed by atoms with E-state index in [1.807, 2.05) is 18.2 Å². The highest BCUT2D eigenvalue weighted by molar-refractivity contribution is 7.92. The summed E-state index contributed by atoms with van der Waals surface area (Å²) < 4.78 is 31.3. The van der Waals surface area contributed by atoms with Gasteiger partial charge in [0.05, 0.1) is 28.0 Å². The molecule has 0 saturated carbocycles. The summed E-state index contributed by atoms with van der Waals surface area (Å²) in [5.74, 6) is 0.838. The number of sulfone groups is 1. The van der Waals surface area contributed by atoms with Gasteiger partial charge in [0.2, 0.25) is 0 Å². The molecule has 2 aromatic carbocycles. The Morgan fingerprint density at radius 3 is 2.67 bits per heavy atom. The first-order chi connectivity index (χ1) is 14.5. The van der Waals surface area contributed by atoms with Crippen LogP contribution in [0.4, 0.5) is 5.13 Å². The average Bonchev–Trinajstić information content (AvgIpc) is 3.22. The standard InChI is InChI=1S/C22H23ClN2O3S2/c1-28-18-6-4-5-16(14-18)13-17-15-29-22(24-17)25-11-9-19(10-12-25)30(26,27)21-8-3-2-7-20(21)23/h2-8,14-15,19H,9-13H2,1H3. The van der Waals surface area contributed by atoms with E-state index in [1.165, 1.54) is 0 Å². The van der Waals surface area contributed by atoms with E-state index >= 15 is 0 Å². The molecule has 1 saturated heterocycles. The Kier molecular flexibility index (Phi) is 6.32. The van der Waals surface area contributed by atoms with Gasteiger partial charge in [0.1, 0.15) is 5.75 Å². The number of methoxy groups -OCH3 is 1. The zero-order valence-electron chi connectivity index (χ0n) is 16.6. The molecular formula is C22H23ClN2O3S2. The number of ether oxygens (including phenoxy) is 1. The minimum atomic E-state index is -3.43. The fraction of sp³-hybridized carbons (Fsp3) is 0.318. The summed E-state index contributed by atoms with van der Waals surface area (Å²) in [6.45, 7) is 1.33. The van der Waals surface area contributed by atoms with Crippen LogP contribution in [0.25, 0.3) is 0 Å². The smallest absolute Gasteiger partial charge is 0.185 e. The van der Waals surface area contributed by atoms with Crippen molar-refractivity contribution in [1.82, 2.24) is 4.98 Å². The number of hydrogen-bond donors (Lipinski definition) is 0. The van der Waals surface area contributed by atoms with Crippen molar-refractivity contribution in [2.75, 3.05) is 25.1 Å². The Balaban J connectivity index is 1.41. The lowest BCUT2D eigenvalue weighted by atomic mass is 10.1. The van der Waals surface area contributed by atoms with E-state index < -0.39 is 15.1 Å². The van der Waals surface area contributed by atoms with Crippen LogP contribution in [0.1, 0.15) is 24.1 Å². The number of rotatable bonds is 6. The number of benzene rings is 2. The van der Waals surface area contributed by atoms with E-state index in [-0.39, 0.29) is 4.90 Å². The van der Waals surface area contributed by atoms with Crippen molar-refractivity contribution in [2.24, 2.45) is 0 Å². The first-order valence-corrected chi connectivity index (χ1v) is 12.6. The number of nitrogens with zero attached hydrogens (tertiary/aromatic N) is 2. The van der Waals surface area contributed by atoms with Gasteiger partial charge in [0, 0.05) is 24.9 Å². The quantitative estimate of drug-likeness (QED) is 0.524. The summed E-state index contributed by atoms with van der Waals surface area (Å²) in [5, 5.41) is 2.90.